The van der Waals surface area contributed by atoms with E-state index in [2.05, 4.69) is 26.1 Å². The van der Waals surface area contributed by atoms with E-state index < -0.39 is 39.8 Å². The predicted octanol–water partition coefficient (Wildman–Crippen LogP) is 1.94. The van der Waals surface area contributed by atoms with Crippen molar-refractivity contribution in [2.75, 3.05) is 12.3 Å². The third kappa shape index (κ3) is 5.38. The fourth-order valence-electron chi connectivity index (χ4n) is 9.20. The zero-order chi connectivity index (χ0) is 27.3. The Labute approximate surface area is 220 Å². The Hall–Kier alpha value is -1.07. The number of aliphatic hydroxyl groups excluding tert-OH is 3. The van der Waals surface area contributed by atoms with Crippen molar-refractivity contribution in [2.24, 2.45) is 46.3 Å². The maximum absolute atomic E-state index is 12.3. The summed E-state index contributed by atoms with van der Waals surface area (Å²) in [5.74, 6) is -1.05. The van der Waals surface area contributed by atoms with Crippen LogP contribution in [0.2, 0.25) is 0 Å². The minimum atomic E-state index is -4.21. The first-order chi connectivity index (χ1) is 17.2. The lowest BCUT2D eigenvalue weighted by Gasteiger charge is -2.63. The average Bonchev–Trinajstić information content (AvgIpc) is 3.16. The molecule has 0 unspecified atom stereocenters. The average molecular weight is 544 g/mol. The number of carbonyl (C=O) groups is 2. The molecule has 4 aliphatic carbocycles. The molecule has 0 aromatic heterocycles. The van der Waals surface area contributed by atoms with Crippen molar-refractivity contribution >= 4 is 21.8 Å². The van der Waals surface area contributed by atoms with Crippen LogP contribution in [0.1, 0.15) is 78.6 Å². The molecule has 0 aromatic carbocycles. The van der Waals surface area contributed by atoms with E-state index in [1.165, 1.54) is 0 Å². The van der Waals surface area contributed by atoms with E-state index in [4.69, 9.17) is 4.55 Å². The fourth-order valence-corrected chi connectivity index (χ4v) is 9.56. The van der Waals surface area contributed by atoms with Crippen molar-refractivity contribution in [3.05, 3.63) is 0 Å². The van der Waals surface area contributed by atoms with Gasteiger partial charge in [-0.1, -0.05) is 20.8 Å². The Balaban J connectivity index is 1.41. The molecule has 10 heteroatoms. The summed E-state index contributed by atoms with van der Waals surface area (Å²) in [6.45, 7) is 6.21. The quantitative estimate of drug-likeness (QED) is 0.229. The molecule has 212 valence electrons. The monoisotopic (exact) mass is 543 g/mol. The normalized spacial score (nSPS) is 44.3. The largest absolute Gasteiger partial charge is 0.393 e. The highest BCUT2D eigenvalue weighted by molar-refractivity contribution is 7.85. The Kier molecular flexibility index (Phi) is 8.20. The molecule has 4 aliphatic rings. The highest BCUT2D eigenvalue weighted by Crippen LogP contribution is 2.68. The topological polar surface area (TPSA) is 161 Å². The summed E-state index contributed by atoms with van der Waals surface area (Å²) < 4.78 is 30.4. The molecule has 0 spiro atoms. The van der Waals surface area contributed by atoms with Crippen molar-refractivity contribution in [1.82, 2.24) is 5.32 Å². The van der Waals surface area contributed by atoms with Crippen LogP contribution in [0.5, 0.6) is 0 Å². The van der Waals surface area contributed by atoms with Gasteiger partial charge in [-0.3, -0.25) is 14.1 Å². The van der Waals surface area contributed by atoms with Crippen molar-refractivity contribution < 1.29 is 37.9 Å². The summed E-state index contributed by atoms with van der Waals surface area (Å²) in [5.41, 5.74) is -0.357. The van der Waals surface area contributed by atoms with Gasteiger partial charge in [0.05, 0.1) is 24.1 Å². The third-order valence-corrected chi connectivity index (χ3v) is 12.0. The van der Waals surface area contributed by atoms with Crippen LogP contribution in [0, 0.1) is 46.3 Å². The van der Waals surface area contributed by atoms with E-state index in [-0.39, 0.29) is 65.4 Å². The molecule has 0 aliphatic heterocycles. The molecule has 0 bridgehead atoms. The van der Waals surface area contributed by atoms with Crippen molar-refractivity contribution in [3.63, 3.8) is 0 Å². The Morgan fingerprint density at radius 1 is 1.03 bits per heavy atom. The predicted molar refractivity (Wildman–Crippen MR) is 137 cm³/mol. The molecule has 0 saturated heterocycles. The molecule has 0 radical (unpaired) electrons. The molecule has 1 amide bonds. The number of nitrogens with one attached hydrogen (secondary N) is 1. The van der Waals surface area contributed by atoms with Crippen LogP contribution in [0.4, 0.5) is 0 Å². The lowest BCUT2D eigenvalue weighted by atomic mass is 9.43. The molecule has 0 heterocycles. The summed E-state index contributed by atoms with van der Waals surface area (Å²) in [7, 11) is -4.21. The zero-order valence-corrected chi connectivity index (χ0v) is 23.1. The SMILES string of the molecule is C[C@H](CCC(=O)C(=O)NCCS(=O)(=O)O)[C@H]1CC[C@H]2[C@@H]3[C@H](O)C[C@@H]4C[C@H](O)CC[C@]4(C)[C@H]3C[C@H](O)[C@]12C. The molecule has 9 nitrogen and oxygen atoms in total. The van der Waals surface area contributed by atoms with E-state index in [1.807, 2.05) is 0 Å². The summed E-state index contributed by atoms with van der Waals surface area (Å²) in [4.78, 5) is 24.4. The maximum Gasteiger partial charge on any atom is 0.287 e. The van der Waals surface area contributed by atoms with Crippen LogP contribution < -0.4 is 5.32 Å². The number of rotatable bonds is 8. The number of hydrogen-bond acceptors (Lipinski definition) is 7. The molecular weight excluding hydrogens is 498 g/mol. The Bertz CT molecular complexity index is 987. The third-order valence-electron chi connectivity index (χ3n) is 11.2. The number of amides is 1. The zero-order valence-electron chi connectivity index (χ0n) is 22.3. The number of carbonyl (C=O) groups excluding carboxylic acids is 2. The summed E-state index contributed by atoms with van der Waals surface area (Å²) in [6.07, 6.45) is 4.89. The number of hydrogen-bond donors (Lipinski definition) is 5. The van der Waals surface area contributed by atoms with Crippen LogP contribution in [0.15, 0.2) is 0 Å². The number of Topliss-reactive ketones (excluding diaryl/α,β-unsaturated/α-hetero) is 1. The van der Waals surface area contributed by atoms with Crippen LogP contribution in [0.3, 0.4) is 0 Å². The second-order valence-corrected chi connectivity index (χ2v) is 14.6. The summed E-state index contributed by atoms with van der Waals surface area (Å²) in [6, 6.07) is 0. The van der Waals surface area contributed by atoms with Gasteiger partial charge >= 0.3 is 0 Å². The highest BCUT2D eigenvalue weighted by atomic mass is 32.2. The number of fused-ring (bicyclic) bond motifs is 5. The second-order valence-electron chi connectivity index (χ2n) is 13.0. The Morgan fingerprint density at radius 3 is 2.41 bits per heavy atom. The lowest BCUT2D eigenvalue weighted by Crippen LogP contribution is -2.62. The van der Waals surface area contributed by atoms with Crippen molar-refractivity contribution in [1.29, 1.82) is 0 Å². The molecule has 4 fully saturated rings. The molecule has 11 atom stereocenters. The van der Waals surface area contributed by atoms with E-state index >= 15 is 0 Å². The van der Waals surface area contributed by atoms with Gasteiger partial charge < -0.3 is 20.6 Å². The van der Waals surface area contributed by atoms with E-state index in [1.54, 1.807) is 0 Å². The molecule has 0 aromatic rings. The van der Waals surface area contributed by atoms with E-state index in [9.17, 15) is 33.3 Å². The maximum atomic E-state index is 12.3. The van der Waals surface area contributed by atoms with E-state index in [0.29, 0.717) is 19.3 Å². The number of ketones is 1. The highest BCUT2D eigenvalue weighted by Gasteiger charge is 2.65. The molecule has 5 N–H and O–H groups in total. The summed E-state index contributed by atoms with van der Waals surface area (Å²) in [5, 5.41) is 35.5. The Morgan fingerprint density at radius 2 is 1.73 bits per heavy atom. The van der Waals surface area contributed by atoms with E-state index in [0.717, 1.165) is 32.1 Å². The summed E-state index contributed by atoms with van der Waals surface area (Å²) >= 11 is 0. The minimum absolute atomic E-state index is 0.0181. The van der Waals surface area contributed by atoms with Gasteiger partial charge in [-0.05, 0) is 97.7 Å². The first kappa shape index (κ1) is 28.9. The van der Waals surface area contributed by atoms with Gasteiger partial charge in [-0.25, -0.2) is 0 Å². The second kappa shape index (κ2) is 10.5. The molecule has 4 rings (SSSR count). The smallest absolute Gasteiger partial charge is 0.287 e. The van der Waals surface area contributed by atoms with Crippen LogP contribution >= 0.6 is 0 Å². The first-order valence-electron chi connectivity index (χ1n) is 14.0. The minimum Gasteiger partial charge on any atom is -0.393 e. The van der Waals surface area contributed by atoms with Gasteiger partial charge in [0.25, 0.3) is 16.0 Å². The first-order valence-corrected chi connectivity index (χ1v) is 15.6. The molecule has 37 heavy (non-hydrogen) atoms. The standard InChI is InChI=1S/C27H45NO8S/c1-15(4-7-21(30)25(33)28-10-11-37(34,35)36)18-5-6-19-24-20(14-23(32)27(18,19)3)26(2)9-8-17(29)12-16(26)13-22(24)31/h15-20,22-24,29,31-32H,4-14H2,1-3H3,(H,28,33)(H,34,35,36)/t15-,16+,17-,18-,19+,20+,22-,23+,24+,26+,27-/m1/s1. The van der Waals surface area contributed by atoms with Gasteiger partial charge in [0.15, 0.2) is 0 Å². The van der Waals surface area contributed by atoms with Gasteiger partial charge in [-0.2, -0.15) is 8.42 Å². The van der Waals surface area contributed by atoms with Crippen LogP contribution in [-0.4, -0.2) is 70.6 Å². The lowest BCUT2D eigenvalue weighted by molar-refractivity contribution is -0.207. The molecule has 4 saturated carbocycles. The van der Waals surface area contributed by atoms with Crippen LogP contribution in [0.25, 0.3) is 0 Å². The van der Waals surface area contributed by atoms with Crippen molar-refractivity contribution in [2.45, 2.75) is 96.9 Å². The molecular formula is C27H45NO8S. The fraction of sp³-hybridized carbons (Fsp3) is 0.926. The van der Waals surface area contributed by atoms with Crippen molar-refractivity contribution in [3.8, 4) is 0 Å². The number of aliphatic hydroxyl groups is 3. The van der Waals surface area contributed by atoms with Crippen LogP contribution in [-0.2, 0) is 19.7 Å². The van der Waals surface area contributed by atoms with Gasteiger partial charge in [0.2, 0.25) is 5.78 Å². The van der Waals surface area contributed by atoms with Gasteiger partial charge in [0.1, 0.15) is 0 Å². The van der Waals surface area contributed by atoms with Gasteiger partial charge in [0, 0.05) is 13.0 Å². The van der Waals surface area contributed by atoms with Gasteiger partial charge in [-0.15, -0.1) is 0 Å².